The molecule has 1 atom stereocenters. The Kier molecular flexibility index (Phi) is 6.26. The third-order valence-corrected chi connectivity index (χ3v) is 10.9. The second-order valence-corrected chi connectivity index (χ2v) is 13.4. The zero-order chi connectivity index (χ0) is 21.8. The Morgan fingerprint density at radius 1 is 1.00 bits per heavy atom. The molecule has 3 rings (SSSR count). The minimum atomic E-state index is -2.58. The molecular formula is C26H29NO2Si. The van der Waals surface area contributed by atoms with E-state index in [-0.39, 0.29) is 21.8 Å². The molecule has 0 heterocycles. The number of hydrogen-bond acceptors (Lipinski definition) is 3. The summed E-state index contributed by atoms with van der Waals surface area (Å²) in [6.45, 7) is 9.36. The summed E-state index contributed by atoms with van der Waals surface area (Å²) in [6.07, 6.45) is 5.89. The lowest BCUT2D eigenvalue weighted by molar-refractivity contribution is -0.111. The van der Waals surface area contributed by atoms with E-state index in [0.717, 1.165) is 0 Å². The van der Waals surface area contributed by atoms with Crippen LogP contribution in [0.3, 0.4) is 0 Å². The van der Waals surface area contributed by atoms with Gasteiger partial charge in [-0.1, -0.05) is 101 Å². The number of carbonyl (C=O) groups excluding carboxylic acids is 1. The van der Waals surface area contributed by atoms with Crippen molar-refractivity contribution in [1.82, 2.24) is 0 Å². The molecule has 0 amide bonds. The van der Waals surface area contributed by atoms with Gasteiger partial charge < -0.3 is 4.43 Å². The summed E-state index contributed by atoms with van der Waals surface area (Å²) in [5, 5.41) is 11.7. The molecule has 2 aromatic carbocycles. The van der Waals surface area contributed by atoms with E-state index in [9.17, 15) is 10.1 Å². The Balaban J connectivity index is 1.97. The number of benzene rings is 2. The van der Waals surface area contributed by atoms with Crippen LogP contribution in [0.2, 0.25) is 5.04 Å². The predicted octanol–water partition coefficient (Wildman–Crippen LogP) is 4.55. The third-order valence-electron chi connectivity index (χ3n) is 5.85. The van der Waals surface area contributed by atoms with Crippen molar-refractivity contribution in [3.05, 3.63) is 84.5 Å². The first-order valence-electron chi connectivity index (χ1n) is 10.3. The number of rotatable bonds is 6. The maximum Gasteiger partial charge on any atom is 0.261 e. The maximum atomic E-state index is 11.8. The summed E-state index contributed by atoms with van der Waals surface area (Å²) in [5.41, 5.74) is -0.157. The van der Waals surface area contributed by atoms with Gasteiger partial charge >= 0.3 is 0 Å². The summed E-state index contributed by atoms with van der Waals surface area (Å²) >= 11 is 0. The standard InChI is InChI=1S/C26H29NO2Si/c1-25(2,3)30(22-11-7-5-8-12-22,23-13-9-6-10-14-23)29-18-17-26(4)16-15-24(28)21(19-26)20-27/h5-16,19H,17-18H2,1-4H3. The fourth-order valence-corrected chi connectivity index (χ4v) is 8.80. The van der Waals surface area contributed by atoms with Crippen molar-refractivity contribution in [3.63, 3.8) is 0 Å². The molecule has 0 radical (unpaired) electrons. The lowest BCUT2D eigenvalue weighted by Crippen LogP contribution is -2.66. The molecule has 0 saturated carbocycles. The van der Waals surface area contributed by atoms with Crippen molar-refractivity contribution in [2.24, 2.45) is 5.41 Å². The Hall–Kier alpha value is -2.74. The van der Waals surface area contributed by atoms with Crippen LogP contribution in [0.25, 0.3) is 0 Å². The molecule has 0 bridgehead atoms. The molecule has 0 spiro atoms. The Morgan fingerprint density at radius 3 is 2.00 bits per heavy atom. The van der Waals surface area contributed by atoms with Crippen molar-refractivity contribution < 1.29 is 9.22 Å². The van der Waals surface area contributed by atoms with Gasteiger partial charge in [0.25, 0.3) is 8.32 Å². The average molecular weight is 416 g/mol. The number of hydrogen-bond donors (Lipinski definition) is 0. The minimum Gasteiger partial charge on any atom is -0.407 e. The second-order valence-electron chi connectivity index (χ2n) is 9.13. The van der Waals surface area contributed by atoms with Crippen LogP contribution in [0.1, 0.15) is 34.1 Å². The zero-order valence-corrected chi connectivity index (χ0v) is 19.2. The molecule has 1 aliphatic rings. The van der Waals surface area contributed by atoms with Gasteiger partial charge in [-0.05, 0) is 27.9 Å². The molecule has 0 saturated heterocycles. The average Bonchev–Trinajstić information content (AvgIpc) is 2.73. The zero-order valence-electron chi connectivity index (χ0n) is 18.2. The van der Waals surface area contributed by atoms with Gasteiger partial charge in [-0.3, -0.25) is 4.79 Å². The van der Waals surface area contributed by atoms with E-state index in [4.69, 9.17) is 4.43 Å². The number of nitrogens with zero attached hydrogens (tertiary/aromatic N) is 1. The summed E-state index contributed by atoms with van der Waals surface area (Å²) in [4.78, 5) is 11.8. The summed E-state index contributed by atoms with van der Waals surface area (Å²) in [6, 6.07) is 23.1. The molecule has 0 N–H and O–H groups in total. The van der Waals surface area contributed by atoms with E-state index in [1.807, 2.05) is 31.2 Å². The number of allylic oxidation sites excluding steroid dienone is 4. The van der Waals surface area contributed by atoms with Gasteiger partial charge in [0, 0.05) is 12.0 Å². The molecule has 0 fully saturated rings. The number of nitriles is 1. The van der Waals surface area contributed by atoms with Crippen molar-refractivity contribution in [3.8, 4) is 6.07 Å². The SMILES string of the molecule is CC1(CCO[Si](c2ccccc2)(c2ccccc2)C(C)(C)C)C=CC(=O)C(C#N)=C1. The number of ketones is 1. The van der Waals surface area contributed by atoms with Crippen LogP contribution in [-0.4, -0.2) is 20.7 Å². The Morgan fingerprint density at radius 2 is 1.53 bits per heavy atom. The maximum absolute atomic E-state index is 11.8. The van der Waals surface area contributed by atoms with Crippen molar-refractivity contribution in [2.75, 3.05) is 6.61 Å². The van der Waals surface area contributed by atoms with Gasteiger partial charge in [0.2, 0.25) is 0 Å². The van der Waals surface area contributed by atoms with Gasteiger partial charge in [0.1, 0.15) is 6.07 Å². The molecule has 1 aliphatic carbocycles. The Labute approximate surface area is 180 Å². The third kappa shape index (κ3) is 4.23. The lowest BCUT2D eigenvalue weighted by atomic mass is 9.81. The summed E-state index contributed by atoms with van der Waals surface area (Å²) < 4.78 is 6.94. The van der Waals surface area contributed by atoms with Crippen LogP contribution in [-0.2, 0) is 9.22 Å². The van der Waals surface area contributed by atoms with Crippen LogP contribution in [0.15, 0.2) is 84.5 Å². The first-order chi connectivity index (χ1) is 14.2. The van der Waals surface area contributed by atoms with E-state index in [1.165, 1.54) is 16.4 Å². The van der Waals surface area contributed by atoms with Gasteiger partial charge in [0.15, 0.2) is 5.78 Å². The van der Waals surface area contributed by atoms with Crippen molar-refractivity contribution in [2.45, 2.75) is 39.2 Å². The Bertz CT molecular complexity index is 957. The molecule has 2 aromatic rings. The normalized spacial score (nSPS) is 19.3. The molecule has 154 valence electrons. The molecule has 0 aromatic heterocycles. The molecule has 3 nitrogen and oxygen atoms in total. The summed E-state index contributed by atoms with van der Waals surface area (Å²) in [5.74, 6) is -0.220. The highest BCUT2D eigenvalue weighted by Gasteiger charge is 2.50. The van der Waals surface area contributed by atoms with Gasteiger partial charge in [-0.15, -0.1) is 0 Å². The van der Waals surface area contributed by atoms with Crippen LogP contribution in [0, 0.1) is 16.7 Å². The largest absolute Gasteiger partial charge is 0.407 e. The molecule has 0 aliphatic heterocycles. The van der Waals surface area contributed by atoms with E-state index in [2.05, 4.69) is 69.3 Å². The highest BCUT2D eigenvalue weighted by Crippen LogP contribution is 2.38. The minimum absolute atomic E-state index is 0.0807. The van der Waals surface area contributed by atoms with Gasteiger partial charge in [0.05, 0.1) is 5.57 Å². The van der Waals surface area contributed by atoms with Crippen LogP contribution in [0.5, 0.6) is 0 Å². The number of carbonyl (C=O) groups is 1. The van der Waals surface area contributed by atoms with E-state index in [1.54, 1.807) is 6.08 Å². The van der Waals surface area contributed by atoms with E-state index >= 15 is 0 Å². The monoisotopic (exact) mass is 415 g/mol. The molecular weight excluding hydrogens is 386 g/mol. The first kappa shape index (κ1) is 22.0. The second kappa shape index (κ2) is 8.55. The van der Waals surface area contributed by atoms with Gasteiger partial charge in [-0.2, -0.15) is 5.26 Å². The fourth-order valence-electron chi connectivity index (χ4n) is 4.23. The smallest absolute Gasteiger partial charge is 0.261 e. The van der Waals surface area contributed by atoms with Crippen LogP contribution in [0.4, 0.5) is 0 Å². The molecule has 1 unspecified atom stereocenters. The van der Waals surface area contributed by atoms with E-state index in [0.29, 0.717) is 13.0 Å². The highest BCUT2D eigenvalue weighted by atomic mass is 28.4. The first-order valence-corrected chi connectivity index (χ1v) is 12.2. The predicted molar refractivity (Wildman–Crippen MR) is 124 cm³/mol. The fraction of sp³-hybridized carbons (Fsp3) is 0.308. The lowest BCUT2D eigenvalue weighted by Gasteiger charge is -2.43. The molecule has 4 heteroatoms. The topological polar surface area (TPSA) is 50.1 Å². The summed E-state index contributed by atoms with van der Waals surface area (Å²) in [7, 11) is -2.58. The highest BCUT2D eigenvalue weighted by molar-refractivity contribution is 6.99. The van der Waals surface area contributed by atoms with Gasteiger partial charge in [-0.25, -0.2) is 0 Å². The van der Waals surface area contributed by atoms with E-state index < -0.39 is 8.32 Å². The molecule has 30 heavy (non-hydrogen) atoms. The van der Waals surface area contributed by atoms with Crippen molar-refractivity contribution >= 4 is 24.5 Å². The van der Waals surface area contributed by atoms with Crippen molar-refractivity contribution in [1.29, 1.82) is 5.26 Å². The van der Waals surface area contributed by atoms with Crippen LogP contribution >= 0.6 is 0 Å². The van der Waals surface area contributed by atoms with Crippen LogP contribution < -0.4 is 10.4 Å². The quantitative estimate of drug-likeness (QED) is 0.651.